The normalized spacial score (nSPS) is 19.1. The van der Waals surface area contributed by atoms with Crippen molar-refractivity contribution in [1.82, 2.24) is 19.2 Å². The van der Waals surface area contributed by atoms with Gasteiger partial charge in [-0.2, -0.15) is 13.2 Å². The molecule has 0 saturated heterocycles. The molecule has 3 aromatic heterocycles. The molecule has 1 aliphatic carbocycles. The molecule has 0 saturated carbocycles. The van der Waals surface area contributed by atoms with E-state index in [0.717, 1.165) is 29.7 Å². The highest BCUT2D eigenvalue weighted by Gasteiger charge is 2.34. The fraction of sp³-hybridized carbons (Fsp3) is 0.632. The Kier molecular flexibility index (Phi) is 4.97. The number of nitrogens with zero attached hydrogens (tertiary/aromatic N) is 4. The lowest BCUT2D eigenvalue weighted by molar-refractivity contribution is -0.135. The maximum absolute atomic E-state index is 13.3. The summed E-state index contributed by atoms with van der Waals surface area (Å²) in [7, 11) is 0. The number of hydrogen-bond acceptors (Lipinski definition) is 4. The summed E-state index contributed by atoms with van der Waals surface area (Å²) in [5.41, 5.74) is 0.852. The van der Waals surface area contributed by atoms with Crippen molar-refractivity contribution in [1.29, 1.82) is 0 Å². The summed E-state index contributed by atoms with van der Waals surface area (Å²) < 4.78 is 41.1. The molecule has 0 aliphatic heterocycles. The Morgan fingerprint density at radius 1 is 1.34 bits per heavy atom. The molecule has 29 heavy (non-hydrogen) atoms. The Bertz CT molecular complexity index is 1130. The fourth-order valence-electron chi connectivity index (χ4n) is 4.16. The molecule has 3 aromatic rings. The molecule has 0 N–H and O–H groups in total. The van der Waals surface area contributed by atoms with Crippen LogP contribution >= 0.6 is 22.9 Å². The van der Waals surface area contributed by atoms with Crippen LogP contribution in [0.4, 0.5) is 13.2 Å². The molecular formula is C19H22ClF3N4OS. The van der Waals surface area contributed by atoms with Crippen LogP contribution in [0, 0.1) is 11.3 Å². The third-order valence-corrected chi connectivity index (χ3v) is 7.30. The Balaban J connectivity index is 1.84. The van der Waals surface area contributed by atoms with E-state index in [1.165, 1.54) is 15.8 Å². The van der Waals surface area contributed by atoms with E-state index in [1.807, 2.05) is 0 Å². The molecule has 5 nitrogen and oxygen atoms in total. The highest BCUT2D eigenvalue weighted by molar-refractivity contribution is 7.18. The Morgan fingerprint density at radius 2 is 2.07 bits per heavy atom. The first kappa shape index (κ1) is 20.7. The topological polar surface area (TPSA) is 52.2 Å². The lowest BCUT2D eigenvalue weighted by Gasteiger charge is -2.33. The quantitative estimate of drug-likeness (QED) is 0.542. The Morgan fingerprint density at radius 3 is 2.72 bits per heavy atom. The summed E-state index contributed by atoms with van der Waals surface area (Å²) in [6.07, 6.45) is -1.40. The first-order chi connectivity index (χ1) is 13.5. The number of halogens is 4. The average Bonchev–Trinajstić information content (AvgIpc) is 3.19. The summed E-state index contributed by atoms with van der Waals surface area (Å²) in [5, 5.41) is 7.18. The number of aromatic nitrogens is 4. The minimum Gasteiger partial charge on any atom is -0.275 e. The predicted octanol–water partition coefficient (Wildman–Crippen LogP) is 4.82. The number of hydrogen-bond donors (Lipinski definition) is 0. The van der Waals surface area contributed by atoms with Gasteiger partial charge in [-0.15, -0.1) is 33.1 Å². The molecule has 3 heterocycles. The third kappa shape index (κ3) is 3.79. The van der Waals surface area contributed by atoms with Crippen molar-refractivity contribution in [3.63, 3.8) is 0 Å². The van der Waals surface area contributed by atoms with E-state index in [4.69, 9.17) is 11.6 Å². The smallest absolute Gasteiger partial charge is 0.275 e. The first-order valence-corrected chi connectivity index (χ1v) is 10.8. The van der Waals surface area contributed by atoms with Gasteiger partial charge in [0.2, 0.25) is 5.78 Å². The summed E-state index contributed by atoms with van der Waals surface area (Å²) >= 11 is 7.50. The van der Waals surface area contributed by atoms with Gasteiger partial charge in [0.05, 0.1) is 17.2 Å². The van der Waals surface area contributed by atoms with Crippen molar-refractivity contribution >= 4 is 38.9 Å². The van der Waals surface area contributed by atoms with Crippen LogP contribution < -0.4 is 5.56 Å². The first-order valence-electron chi connectivity index (χ1n) is 9.53. The van der Waals surface area contributed by atoms with E-state index in [1.54, 1.807) is 15.7 Å². The molecule has 0 spiro atoms. The van der Waals surface area contributed by atoms with E-state index < -0.39 is 18.0 Å². The highest BCUT2D eigenvalue weighted by Crippen LogP contribution is 2.42. The van der Waals surface area contributed by atoms with Gasteiger partial charge in [0.25, 0.3) is 5.56 Å². The zero-order chi connectivity index (χ0) is 21.1. The molecule has 0 fully saturated rings. The minimum atomic E-state index is -4.40. The van der Waals surface area contributed by atoms with Crippen LogP contribution in [0.1, 0.15) is 44.1 Å². The van der Waals surface area contributed by atoms with Crippen LogP contribution in [-0.4, -0.2) is 30.7 Å². The van der Waals surface area contributed by atoms with Gasteiger partial charge in [-0.3, -0.25) is 13.8 Å². The van der Waals surface area contributed by atoms with Gasteiger partial charge in [0.15, 0.2) is 0 Å². The summed E-state index contributed by atoms with van der Waals surface area (Å²) in [6.45, 7) is 6.40. The number of rotatable bonds is 3. The maximum atomic E-state index is 13.3. The van der Waals surface area contributed by atoms with Crippen LogP contribution in [0.5, 0.6) is 0 Å². The lowest BCUT2D eigenvalue weighted by atomic mass is 9.72. The standard InChI is InChI=1S/C19H22ClF3N4OS/c1-18(2,3)10-4-5-12-13(6-10)29-16-14(12)15(28)26(17-25-24-9-27(16)17)8-11(20)7-19(21,22)23/h9-11H,4-8H2,1-3H3. The van der Waals surface area contributed by atoms with Crippen molar-refractivity contribution in [3.8, 4) is 0 Å². The maximum Gasteiger partial charge on any atom is 0.390 e. The molecule has 10 heteroatoms. The summed E-state index contributed by atoms with van der Waals surface area (Å²) in [6, 6.07) is 0. The molecule has 0 radical (unpaired) electrons. The lowest BCUT2D eigenvalue weighted by Crippen LogP contribution is -2.30. The van der Waals surface area contributed by atoms with Gasteiger partial charge in [0.1, 0.15) is 11.2 Å². The molecular weight excluding hydrogens is 425 g/mol. The number of thiophene rings is 1. The largest absolute Gasteiger partial charge is 0.390 e. The van der Waals surface area contributed by atoms with Gasteiger partial charge in [-0.25, -0.2) is 0 Å². The molecule has 0 bridgehead atoms. The number of aryl methyl sites for hydroxylation is 1. The van der Waals surface area contributed by atoms with Crippen LogP contribution in [0.3, 0.4) is 0 Å². The average molecular weight is 447 g/mol. The van der Waals surface area contributed by atoms with Crippen LogP contribution in [0.15, 0.2) is 11.1 Å². The van der Waals surface area contributed by atoms with Crippen molar-refractivity contribution < 1.29 is 13.2 Å². The molecule has 0 amide bonds. The van der Waals surface area contributed by atoms with Gasteiger partial charge in [0, 0.05) is 11.4 Å². The molecule has 2 unspecified atom stereocenters. The van der Waals surface area contributed by atoms with Crippen molar-refractivity contribution in [2.45, 2.75) is 64.6 Å². The van der Waals surface area contributed by atoms with E-state index in [-0.39, 0.29) is 23.3 Å². The second-order valence-electron chi connectivity index (χ2n) is 8.82. The predicted molar refractivity (Wildman–Crippen MR) is 108 cm³/mol. The van der Waals surface area contributed by atoms with E-state index in [9.17, 15) is 18.0 Å². The molecule has 0 aromatic carbocycles. The van der Waals surface area contributed by atoms with Crippen molar-refractivity contribution in [2.24, 2.45) is 11.3 Å². The second kappa shape index (κ2) is 6.97. The van der Waals surface area contributed by atoms with Gasteiger partial charge < -0.3 is 0 Å². The van der Waals surface area contributed by atoms with Gasteiger partial charge in [-0.1, -0.05) is 20.8 Å². The van der Waals surface area contributed by atoms with E-state index in [2.05, 4.69) is 31.0 Å². The third-order valence-electron chi connectivity index (χ3n) is 5.75. The summed E-state index contributed by atoms with van der Waals surface area (Å²) in [4.78, 5) is 15.2. The molecule has 4 rings (SSSR count). The monoisotopic (exact) mass is 446 g/mol. The molecule has 158 valence electrons. The van der Waals surface area contributed by atoms with E-state index >= 15 is 0 Å². The number of fused-ring (bicyclic) bond motifs is 5. The van der Waals surface area contributed by atoms with Crippen molar-refractivity contribution in [3.05, 3.63) is 27.1 Å². The van der Waals surface area contributed by atoms with Gasteiger partial charge >= 0.3 is 6.18 Å². The van der Waals surface area contributed by atoms with Crippen LogP contribution in [0.25, 0.3) is 16.0 Å². The highest BCUT2D eigenvalue weighted by atomic mass is 35.5. The second-order valence-corrected chi connectivity index (χ2v) is 10.5. The minimum absolute atomic E-state index is 0.170. The SMILES string of the molecule is CC(C)(C)C1CCc2c(sc3c2c(=O)n(CC(Cl)CC(F)(F)F)c2nncn32)C1. The van der Waals surface area contributed by atoms with Crippen molar-refractivity contribution in [2.75, 3.05) is 0 Å². The van der Waals surface area contributed by atoms with Crippen LogP contribution in [-0.2, 0) is 19.4 Å². The van der Waals surface area contributed by atoms with Crippen LogP contribution in [0.2, 0.25) is 0 Å². The summed E-state index contributed by atoms with van der Waals surface area (Å²) in [5.74, 6) is 0.738. The van der Waals surface area contributed by atoms with Gasteiger partial charge in [-0.05, 0) is 36.2 Å². The molecule has 1 aliphatic rings. The zero-order valence-corrected chi connectivity index (χ0v) is 18.0. The molecule has 2 atom stereocenters. The number of alkyl halides is 4. The van der Waals surface area contributed by atoms with E-state index in [0.29, 0.717) is 11.3 Å². The fourth-order valence-corrected chi connectivity index (χ4v) is 5.86. The Labute approximate surface area is 174 Å². The Hall–Kier alpha value is -1.61. The zero-order valence-electron chi connectivity index (χ0n) is 16.4.